The van der Waals surface area contributed by atoms with Gasteiger partial charge in [-0.25, -0.2) is 0 Å². The van der Waals surface area contributed by atoms with Gasteiger partial charge in [0.25, 0.3) is 17.4 Å². The van der Waals surface area contributed by atoms with Crippen LogP contribution in [0.2, 0.25) is 0 Å². The van der Waals surface area contributed by atoms with E-state index in [1.165, 1.54) is 24.3 Å². The fraction of sp³-hybridized carbons (Fsp3) is 0.0588. The van der Waals surface area contributed by atoms with Gasteiger partial charge in [0.15, 0.2) is 0 Å². The summed E-state index contributed by atoms with van der Waals surface area (Å²) in [6, 6.07) is 13.0. The first-order chi connectivity index (χ1) is 11.5. The predicted molar refractivity (Wildman–Crippen MR) is 85.0 cm³/mol. The topological polar surface area (TPSA) is 110 Å². The first-order valence-electron chi connectivity index (χ1n) is 7.07. The molecule has 2 aromatic rings. The Hall–Kier alpha value is -3.48. The SMILES string of the molecule is O=C1N[C@@H](c2ccc([N+](=O)[O-])cc2)/C(=C(\O)c2ccccc2)C1=O. The molecular formula is C17H12N2O5. The molecule has 0 radical (unpaired) electrons. The third-order valence-corrected chi connectivity index (χ3v) is 3.75. The van der Waals surface area contributed by atoms with E-state index >= 15 is 0 Å². The molecule has 120 valence electrons. The van der Waals surface area contributed by atoms with E-state index < -0.39 is 22.7 Å². The molecule has 1 atom stereocenters. The van der Waals surface area contributed by atoms with Crippen molar-refractivity contribution >= 4 is 23.1 Å². The number of amides is 1. The summed E-state index contributed by atoms with van der Waals surface area (Å²) in [5.74, 6) is -1.93. The van der Waals surface area contributed by atoms with Gasteiger partial charge in [-0.15, -0.1) is 0 Å². The Balaban J connectivity index is 2.07. The normalized spacial score (nSPS) is 19.1. The predicted octanol–water partition coefficient (Wildman–Crippen LogP) is 2.30. The van der Waals surface area contributed by atoms with Gasteiger partial charge in [-0.3, -0.25) is 19.7 Å². The molecule has 1 amide bonds. The van der Waals surface area contributed by atoms with E-state index in [2.05, 4.69) is 5.32 Å². The van der Waals surface area contributed by atoms with Crippen LogP contribution in [0, 0.1) is 10.1 Å². The molecule has 1 aliphatic heterocycles. The lowest BCUT2D eigenvalue weighted by Crippen LogP contribution is -2.21. The molecule has 0 aliphatic carbocycles. The van der Waals surface area contributed by atoms with E-state index in [0.29, 0.717) is 11.1 Å². The molecule has 1 fully saturated rings. The number of Topliss-reactive ketones (excluding diaryl/α,β-unsaturated/α-hetero) is 1. The number of nitro benzene ring substituents is 1. The number of nitro groups is 1. The number of carbonyl (C=O) groups is 2. The van der Waals surface area contributed by atoms with Crippen LogP contribution in [0.25, 0.3) is 5.76 Å². The second-order valence-electron chi connectivity index (χ2n) is 5.21. The van der Waals surface area contributed by atoms with Crippen LogP contribution in [-0.2, 0) is 9.59 Å². The number of aliphatic hydroxyl groups is 1. The number of nitrogens with one attached hydrogen (secondary N) is 1. The molecule has 0 aromatic heterocycles. The number of non-ortho nitro benzene ring substituents is 1. The highest BCUT2D eigenvalue weighted by molar-refractivity contribution is 6.46. The van der Waals surface area contributed by atoms with Crippen LogP contribution in [0.3, 0.4) is 0 Å². The lowest BCUT2D eigenvalue weighted by Gasteiger charge is -2.13. The Morgan fingerprint density at radius 2 is 1.67 bits per heavy atom. The fourth-order valence-corrected chi connectivity index (χ4v) is 2.56. The van der Waals surface area contributed by atoms with Crippen LogP contribution < -0.4 is 5.32 Å². The summed E-state index contributed by atoms with van der Waals surface area (Å²) in [4.78, 5) is 34.1. The van der Waals surface area contributed by atoms with Gasteiger partial charge in [0.1, 0.15) is 5.76 Å². The quantitative estimate of drug-likeness (QED) is 0.296. The summed E-state index contributed by atoms with van der Waals surface area (Å²) in [6.45, 7) is 0. The molecule has 7 heteroatoms. The van der Waals surface area contributed by atoms with Crippen molar-refractivity contribution in [3.05, 3.63) is 81.4 Å². The molecule has 1 heterocycles. The molecule has 7 nitrogen and oxygen atoms in total. The smallest absolute Gasteiger partial charge is 0.293 e. The molecule has 24 heavy (non-hydrogen) atoms. The Kier molecular flexibility index (Phi) is 3.83. The average Bonchev–Trinajstić information content (AvgIpc) is 2.90. The number of benzene rings is 2. The third-order valence-electron chi connectivity index (χ3n) is 3.75. The number of hydrogen-bond acceptors (Lipinski definition) is 5. The highest BCUT2D eigenvalue weighted by Crippen LogP contribution is 2.33. The van der Waals surface area contributed by atoms with Gasteiger partial charge in [0.05, 0.1) is 16.5 Å². The van der Waals surface area contributed by atoms with Crippen molar-refractivity contribution in [1.82, 2.24) is 5.32 Å². The molecule has 3 rings (SSSR count). The molecule has 2 aromatic carbocycles. The van der Waals surface area contributed by atoms with E-state index in [0.717, 1.165) is 0 Å². The molecule has 0 unspecified atom stereocenters. The Labute approximate surface area is 136 Å². The second kappa shape index (κ2) is 5.96. The number of aliphatic hydroxyl groups excluding tert-OH is 1. The first-order valence-corrected chi connectivity index (χ1v) is 7.07. The first kappa shape index (κ1) is 15.4. The Morgan fingerprint density at radius 3 is 2.25 bits per heavy atom. The van der Waals surface area contributed by atoms with Crippen molar-refractivity contribution in [2.45, 2.75) is 6.04 Å². The van der Waals surface area contributed by atoms with Crippen molar-refractivity contribution in [2.75, 3.05) is 0 Å². The van der Waals surface area contributed by atoms with Crippen LogP contribution in [0.1, 0.15) is 17.2 Å². The van der Waals surface area contributed by atoms with Crippen LogP contribution in [0.15, 0.2) is 60.2 Å². The van der Waals surface area contributed by atoms with Gasteiger partial charge in [-0.2, -0.15) is 0 Å². The van der Waals surface area contributed by atoms with Crippen molar-refractivity contribution in [3.63, 3.8) is 0 Å². The van der Waals surface area contributed by atoms with E-state index in [4.69, 9.17) is 0 Å². The van der Waals surface area contributed by atoms with Gasteiger partial charge in [-0.05, 0) is 17.7 Å². The lowest BCUT2D eigenvalue weighted by molar-refractivity contribution is -0.384. The molecule has 2 N–H and O–H groups in total. The van der Waals surface area contributed by atoms with Gasteiger partial charge in [0.2, 0.25) is 0 Å². The molecular weight excluding hydrogens is 312 g/mol. The van der Waals surface area contributed by atoms with Crippen molar-refractivity contribution in [3.8, 4) is 0 Å². The van der Waals surface area contributed by atoms with Crippen LogP contribution in [0.5, 0.6) is 0 Å². The standard InChI is InChI=1S/C17H12N2O5/c20-15(11-4-2-1-3-5-11)13-14(18-17(22)16(13)21)10-6-8-12(9-7-10)19(23)24/h1-9,14,20H,(H,18,22)/b15-13+/t14-/m0/s1. The Morgan fingerprint density at radius 1 is 1.04 bits per heavy atom. The minimum absolute atomic E-state index is 0.0694. The van der Waals surface area contributed by atoms with E-state index in [1.54, 1.807) is 30.3 Å². The molecule has 1 saturated heterocycles. The number of ketones is 1. The van der Waals surface area contributed by atoms with Crippen LogP contribution in [0.4, 0.5) is 5.69 Å². The van der Waals surface area contributed by atoms with Crippen LogP contribution >= 0.6 is 0 Å². The molecule has 0 bridgehead atoms. The van der Waals surface area contributed by atoms with Gasteiger partial charge in [0, 0.05) is 17.7 Å². The Bertz CT molecular complexity index is 856. The lowest BCUT2D eigenvalue weighted by atomic mass is 9.96. The number of carbonyl (C=O) groups excluding carboxylic acids is 2. The summed E-state index contributed by atoms with van der Waals surface area (Å²) >= 11 is 0. The monoisotopic (exact) mass is 324 g/mol. The molecule has 0 saturated carbocycles. The average molecular weight is 324 g/mol. The maximum Gasteiger partial charge on any atom is 0.293 e. The highest BCUT2D eigenvalue weighted by Gasteiger charge is 2.39. The maximum atomic E-state index is 12.1. The van der Waals surface area contributed by atoms with Gasteiger partial charge >= 0.3 is 0 Å². The summed E-state index contributed by atoms with van der Waals surface area (Å²) in [7, 11) is 0. The summed E-state index contributed by atoms with van der Waals surface area (Å²) in [5.41, 5.74) is 0.703. The summed E-state index contributed by atoms with van der Waals surface area (Å²) in [6.07, 6.45) is 0. The highest BCUT2D eigenvalue weighted by atomic mass is 16.6. The minimum Gasteiger partial charge on any atom is -0.507 e. The van der Waals surface area contributed by atoms with Crippen molar-refractivity contribution in [2.24, 2.45) is 0 Å². The zero-order chi connectivity index (χ0) is 17.3. The van der Waals surface area contributed by atoms with E-state index in [9.17, 15) is 24.8 Å². The third kappa shape index (κ3) is 2.63. The zero-order valence-electron chi connectivity index (χ0n) is 12.3. The van der Waals surface area contributed by atoms with Gasteiger partial charge in [-0.1, -0.05) is 30.3 Å². The maximum absolute atomic E-state index is 12.1. The zero-order valence-corrected chi connectivity index (χ0v) is 12.3. The summed E-state index contributed by atoms with van der Waals surface area (Å²) < 4.78 is 0. The number of hydrogen-bond donors (Lipinski definition) is 2. The van der Waals surface area contributed by atoms with E-state index in [1.807, 2.05) is 0 Å². The van der Waals surface area contributed by atoms with Crippen molar-refractivity contribution in [1.29, 1.82) is 0 Å². The number of rotatable bonds is 3. The molecule has 0 spiro atoms. The fourth-order valence-electron chi connectivity index (χ4n) is 2.56. The second-order valence-corrected chi connectivity index (χ2v) is 5.21. The van der Waals surface area contributed by atoms with E-state index in [-0.39, 0.29) is 17.0 Å². The minimum atomic E-state index is -0.856. The van der Waals surface area contributed by atoms with Crippen molar-refractivity contribution < 1.29 is 19.6 Å². The summed E-state index contributed by atoms with van der Waals surface area (Å²) in [5, 5.41) is 23.7. The van der Waals surface area contributed by atoms with Gasteiger partial charge < -0.3 is 10.4 Å². The van der Waals surface area contributed by atoms with Crippen LogP contribution in [-0.4, -0.2) is 21.7 Å². The largest absolute Gasteiger partial charge is 0.507 e. The molecule has 1 aliphatic rings. The number of nitrogens with zero attached hydrogens (tertiary/aromatic N) is 1.